The molecular weight excluding hydrogens is 392 g/mol. The van der Waals surface area contributed by atoms with Crippen LogP contribution in [0.5, 0.6) is 11.6 Å². The molecule has 11 nitrogen and oxygen atoms in total. The van der Waals surface area contributed by atoms with E-state index in [-0.39, 0.29) is 24.8 Å². The monoisotopic (exact) mass is 406 g/mol. The van der Waals surface area contributed by atoms with Crippen molar-refractivity contribution in [3.05, 3.63) is 58.0 Å². The van der Waals surface area contributed by atoms with Crippen LogP contribution in [0.15, 0.2) is 42.9 Å². The number of hydrogen-bond donors (Lipinski definition) is 1. The van der Waals surface area contributed by atoms with Crippen molar-refractivity contribution >= 4 is 28.9 Å². The van der Waals surface area contributed by atoms with E-state index < -0.39 is 10.8 Å². The second-order valence-electron chi connectivity index (χ2n) is 5.53. The SMILES string of the molecule is COc1nn(CC(=O)Nc2cnn(COc3cccc(Cl)c3)c2)cc1[N+](=O)[O-]. The number of anilines is 1. The van der Waals surface area contributed by atoms with Crippen molar-refractivity contribution in [2.45, 2.75) is 13.3 Å². The highest BCUT2D eigenvalue weighted by Crippen LogP contribution is 2.24. The van der Waals surface area contributed by atoms with Gasteiger partial charge in [0.25, 0.3) is 0 Å². The molecule has 0 spiro atoms. The van der Waals surface area contributed by atoms with Crippen LogP contribution in [-0.2, 0) is 18.1 Å². The van der Waals surface area contributed by atoms with Gasteiger partial charge in [-0.15, -0.1) is 5.10 Å². The van der Waals surface area contributed by atoms with Crippen LogP contribution in [0.3, 0.4) is 0 Å². The van der Waals surface area contributed by atoms with Crippen LogP contribution < -0.4 is 14.8 Å². The first-order valence-electron chi connectivity index (χ1n) is 7.91. The number of ether oxygens (including phenoxy) is 2. The molecule has 3 rings (SSSR count). The Morgan fingerprint density at radius 2 is 2.18 bits per heavy atom. The number of halogens is 1. The molecule has 0 aliphatic heterocycles. The highest BCUT2D eigenvalue weighted by Gasteiger charge is 2.21. The lowest BCUT2D eigenvalue weighted by atomic mass is 10.3. The van der Waals surface area contributed by atoms with E-state index in [2.05, 4.69) is 15.5 Å². The Balaban J connectivity index is 1.56. The summed E-state index contributed by atoms with van der Waals surface area (Å²) in [5, 5.41) is 22.0. The molecule has 1 N–H and O–H groups in total. The van der Waals surface area contributed by atoms with Gasteiger partial charge in [-0.25, -0.2) is 4.68 Å². The van der Waals surface area contributed by atoms with E-state index in [1.165, 1.54) is 18.0 Å². The molecule has 0 atom stereocenters. The van der Waals surface area contributed by atoms with E-state index in [4.69, 9.17) is 21.1 Å². The molecule has 1 aromatic carbocycles. The summed E-state index contributed by atoms with van der Waals surface area (Å²) in [5.74, 6) is -0.0121. The van der Waals surface area contributed by atoms with Gasteiger partial charge in [0.15, 0.2) is 6.73 Å². The first kappa shape index (κ1) is 19.2. The fourth-order valence-corrected chi connectivity index (χ4v) is 2.47. The molecule has 2 aromatic heterocycles. The second-order valence-corrected chi connectivity index (χ2v) is 5.96. The first-order chi connectivity index (χ1) is 13.4. The summed E-state index contributed by atoms with van der Waals surface area (Å²) in [5.41, 5.74) is 0.120. The maximum atomic E-state index is 12.1. The Labute approximate surface area is 163 Å². The fraction of sp³-hybridized carbons (Fsp3) is 0.188. The van der Waals surface area contributed by atoms with E-state index in [9.17, 15) is 14.9 Å². The Morgan fingerprint density at radius 1 is 1.36 bits per heavy atom. The standard InChI is InChI=1S/C16H15ClN6O5/c1-27-16-14(23(25)26)8-21(20-16)9-15(24)19-12-6-18-22(7-12)10-28-13-4-2-3-11(17)5-13/h2-8H,9-10H2,1H3,(H,19,24). The van der Waals surface area contributed by atoms with Gasteiger partial charge in [-0.2, -0.15) is 5.10 Å². The van der Waals surface area contributed by atoms with Crippen molar-refractivity contribution < 1.29 is 19.2 Å². The van der Waals surface area contributed by atoms with Gasteiger partial charge in [-0.1, -0.05) is 17.7 Å². The third-order valence-electron chi connectivity index (χ3n) is 3.48. The minimum atomic E-state index is -0.635. The number of carbonyl (C=O) groups excluding carboxylic acids is 1. The lowest BCUT2D eigenvalue weighted by Gasteiger charge is -2.06. The molecule has 0 aliphatic carbocycles. The topological polar surface area (TPSA) is 126 Å². The van der Waals surface area contributed by atoms with Gasteiger partial charge in [0.05, 0.1) is 30.1 Å². The summed E-state index contributed by atoms with van der Waals surface area (Å²) < 4.78 is 13.0. The molecule has 0 radical (unpaired) electrons. The number of aromatic nitrogens is 4. The second kappa shape index (κ2) is 8.39. The quantitative estimate of drug-likeness (QED) is 0.449. The zero-order valence-corrected chi connectivity index (χ0v) is 15.4. The van der Waals surface area contributed by atoms with Crippen LogP contribution in [0.25, 0.3) is 0 Å². The van der Waals surface area contributed by atoms with Crippen LogP contribution in [0, 0.1) is 10.1 Å². The Kier molecular flexibility index (Phi) is 5.75. The van der Waals surface area contributed by atoms with Crippen molar-refractivity contribution in [2.75, 3.05) is 12.4 Å². The van der Waals surface area contributed by atoms with Crippen molar-refractivity contribution in [3.63, 3.8) is 0 Å². The van der Waals surface area contributed by atoms with Crippen molar-refractivity contribution in [2.24, 2.45) is 0 Å². The van der Waals surface area contributed by atoms with Gasteiger partial charge in [0.1, 0.15) is 18.5 Å². The normalized spacial score (nSPS) is 10.5. The number of carbonyl (C=O) groups is 1. The van der Waals surface area contributed by atoms with Gasteiger partial charge in [-0.05, 0) is 18.2 Å². The van der Waals surface area contributed by atoms with Gasteiger partial charge in [0, 0.05) is 5.02 Å². The van der Waals surface area contributed by atoms with E-state index >= 15 is 0 Å². The molecule has 2 heterocycles. The summed E-state index contributed by atoms with van der Waals surface area (Å²) >= 11 is 5.89. The molecule has 0 fully saturated rings. The number of nitro groups is 1. The maximum absolute atomic E-state index is 12.1. The zero-order chi connectivity index (χ0) is 20.1. The molecule has 0 aliphatic rings. The average Bonchev–Trinajstić information content (AvgIpc) is 3.26. The highest BCUT2D eigenvalue weighted by molar-refractivity contribution is 6.30. The minimum Gasteiger partial charge on any atom is -0.475 e. The Hall–Kier alpha value is -3.60. The molecule has 28 heavy (non-hydrogen) atoms. The third-order valence-corrected chi connectivity index (χ3v) is 3.72. The molecule has 12 heteroatoms. The van der Waals surface area contributed by atoms with Crippen molar-refractivity contribution in [1.29, 1.82) is 0 Å². The number of nitrogens with zero attached hydrogens (tertiary/aromatic N) is 5. The molecule has 0 bridgehead atoms. The fourth-order valence-electron chi connectivity index (χ4n) is 2.29. The number of nitrogens with one attached hydrogen (secondary N) is 1. The lowest BCUT2D eigenvalue weighted by molar-refractivity contribution is -0.385. The minimum absolute atomic E-state index is 0.124. The average molecular weight is 407 g/mol. The molecule has 0 saturated carbocycles. The summed E-state index contributed by atoms with van der Waals surface area (Å²) in [6, 6.07) is 6.93. The Bertz CT molecular complexity index is 1000. The molecular formula is C16H15ClN6O5. The highest BCUT2D eigenvalue weighted by atomic mass is 35.5. The van der Waals surface area contributed by atoms with E-state index in [0.717, 1.165) is 10.9 Å². The third kappa shape index (κ3) is 4.76. The van der Waals surface area contributed by atoms with E-state index in [1.54, 1.807) is 30.5 Å². The molecule has 0 unspecified atom stereocenters. The van der Waals surface area contributed by atoms with Crippen LogP contribution in [-0.4, -0.2) is 37.5 Å². The van der Waals surface area contributed by atoms with Gasteiger partial charge in [-0.3, -0.25) is 19.6 Å². The summed E-state index contributed by atoms with van der Waals surface area (Å²) in [6.45, 7) is -0.104. The number of benzene rings is 1. The lowest BCUT2D eigenvalue weighted by Crippen LogP contribution is -2.18. The number of hydrogen-bond acceptors (Lipinski definition) is 7. The summed E-state index contributed by atoms with van der Waals surface area (Å²) in [4.78, 5) is 22.4. The maximum Gasteiger partial charge on any atom is 0.350 e. The molecule has 1 amide bonds. The van der Waals surface area contributed by atoms with E-state index in [1.807, 2.05) is 0 Å². The van der Waals surface area contributed by atoms with Crippen molar-refractivity contribution in [1.82, 2.24) is 19.6 Å². The number of methoxy groups -OCH3 is 1. The van der Waals surface area contributed by atoms with Crippen LogP contribution >= 0.6 is 11.6 Å². The molecule has 146 valence electrons. The van der Waals surface area contributed by atoms with Gasteiger partial charge in [0.2, 0.25) is 5.91 Å². The predicted octanol–water partition coefficient (Wildman–Crippen LogP) is 2.32. The summed E-state index contributed by atoms with van der Waals surface area (Å²) in [6.07, 6.45) is 4.15. The summed E-state index contributed by atoms with van der Waals surface area (Å²) in [7, 11) is 1.26. The smallest absolute Gasteiger partial charge is 0.350 e. The van der Waals surface area contributed by atoms with E-state index in [0.29, 0.717) is 16.5 Å². The first-order valence-corrected chi connectivity index (χ1v) is 8.29. The number of rotatable bonds is 8. The van der Waals surface area contributed by atoms with Crippen LogP contribution in [0.4, 0.5) is 11.4 Å². The van der Waals surface area contributed by atoms with Crippen LogP contribution in [0.2, 0.25) is 5.02 Å². The van der Waals surface area contributed by atoms with Crippen molar-refractivity contribution in [3.8, 4) is 11.6 Å². The number of amides is 1. The van der Waals surface area contributed by atoms with Crippen LogP contribution in [0.1, 0.15) is 0 Å². The molecule has 3 aromatic rings. The Morgan fingerprint density at radius 3 is 2.86 bits per heavy atom. The molecule has 0 saturated heterocycles. The van der Waals surface area contributed by atoms with Gasteiger partial charge >= 0.3 is 11.6 Å². The predicted molar refractivity (Wildman–Crippen MR) is 98.4 cm³/mol. The zero-order valence-electron chi connectivity index (χ0n) is 14.6. The van der Waals surface area contributed by atoms with Gasteiger partial charge < -0.3 is 14.8 Å². The largest absolute Gasteiger partial charge is 0.475 e.